The molecule has 0 spiro atoms. The van der Waals surface area contributed by atoms with Crippen molar-refractivity contribution in [2.45, 2.75) is 58.8 Å². The number of fused-ring (bicyclic) bond motifs is 1. The summed E-state index contributed by atoms with van der Waals surface area (Å²) in [5, 5.41) is 13.9. The number of tetrazole rings is 1. The Balaban J connectivity index is 1.48. The Morgan fingerprint density at radius 1 is 0.925 bits per heavy atom. The maximum atomic E-state index is 13.2. The first-order chi connectivity index (χ1) is 19.6. The zero-order chi connectivity index (χ0) is 27.9. The molecule has 0 saturated carbocycles. The van der Waals surface area contributed by atoms with Crippen LogP contribution in [-0.4, -0.2) is 37.2 Å². The lowest BCUT2D eigenvalue weighted by molar-refractivity contribution is 0.160. The third-order valence-electron chi connectivity index (χ3n) is 7.45. The standard InChI is InChI=1S/C32H36N6O2/c1-4-23-13-16-29-26(19-23)20-27(32(39)33-29)22-37(21-25-11-14-28(40-3)15-12-25)30(5-2)31-34-35-36-38(31)18-17-24-9-7-6-8-10-24/h6-16,19-20,30H,4-5,17-18,21-22H2,1-3H3,(H,33,39). The van der Waals surface area contributed by atoms with Gasteiger partial charge in [-0.15, -0.1) is 5.10 Å². The number of rotatable bonds is 12. The smallest absolute Gasteiger partial charge is 0.252 e. The first-order valence-corrected chi connectivity index (χ1v) is 13.9. The minimum Gasteiger partial charge on any atom is -0.497 e. The molecule has 1 atom stereocenters. The highest BCUT2D eigenvalue weighted by Gasteiger charge is 2.26. The van der Waals surface area contributed by atoms with Gasteiger partial charge in [0.2, 0.25) is 0 Å². The summed E-state index contributed by atoms with van der Waals surface area (Å²) in [4.78, 5) is 18.6. The Morgan fingerprint density at radius 3 is 2.42 bits per heavy atom. The molecular formula is C32H36N6O2. The molecule has 0 saturated heterocycles. The second kappa shape index (κ2) is 12.7. The van der Waals surface area contributed by atoms with Crippen LogP contribution in [0.25, 0.3) is 10.9 Å². The number of hydrogen-bond donors (Lipinski definition) is 1. The summed E-state index contributed by atoms with van der Waals surface area (Å²) < 4.78 is 7.27. The van der Waals surface area contributed by atoms with Crippen LogP contribution in [0.15, 0.2) is 83.7 Å². The summed E-state index contributed by atoms with van der Waals surface area (Å²) >= 11 is 0. The molecular weight excluding hydrogens is 500 g/mol. The molecule has 0 radical (unpaired) electrons. The van der Waals surface area contributed by atoms with E-state index < -0.39 is 0 Å². The number of aromatic amines is 1. The zero-order valence-electron chi connectivity index (χ0n) is 23.4. The molecule has 1 unspecified atom stereocenters. The van der Waals surface area contributed by atoms with E-state index >= 15 is 0 Å². The van der Waals surface area contributed by atoms with Crippen LogP contribution in [0.5, 0.6) is 5.75 Å². The van der Waals surface area contributed by atoms with E-state index in [1.54, 1.807) is 7.11 Å². The molecule has 0 bridgehead atoms. The van der Waals surface area contributed by atoms with Crippen LogP contribution < -0.4 is 10.3 Å². The quantitative estimate of drug-likeness (QED) is 0.227. The summed E-state index contributed by atoms with van der Waals surface area (Å²) in [6.45, 7) is 6.03. The maximum absolute atomic E-state index is 13.2. The van der Waals surface area contributed by atoms with E-state index in [-0.39, 0.29) is 11.6 Å². The van der Waals surface area contributed by atoms with E-state index in [0.29, 0.717) is 19.6 Å². The van der Waals surface area contributed by atoms with Gasteiger partial charge in [-0.05, 0) is 82.1 Å². The topological polar surface area (TPSA) is 88.9 Å². The Morgan fingerprint density at radius 2 is 1.70 bits per heavy atom. The van der Waals surface area contributed by atoms with E-state index in [9.17, 15) is 4.79 Å². The van der Waals surface area contributed by atoms with Crippen LogP contribution in [0, 0.1) is 0 Å². The van der Waals surface area contributed by atoms with Gasteiger partial charge in [0.05, 0.1) is 13.2 Å². The van der Waals surface area contributed by atoms with Crippen molar-refractivity contribution in [2.75, 3.05) is 7.11 Å². The number of H-pyrrole nitrogens is 1. The normalized spacial score (nSPS) is 12.2. The zero-order valence-corrected chi connectivity index (χ0v) is 23.4. The molecule has 0 fully saturated rings. The molecule has 5 rings (SSSR count). The Labute approximate surface area is 234 Å². The van der Waals surface area contributed by atoms with Gasteiger partial charge in [0.15, 0.2) is 5.82 Å². The first kappa shape index (κ1) is 27.3. The predicted molar refractivity (Wildman–Crippen MR) is 157 cm³/mol. The largest absolute Gasteiger partial charge is 0.497 e. The summed E-state index contributed by atoms with van der Waals surface area (Å²) in [5.74, 6) is 1.61. The van der Waals surface area contributed by atoms with E-state index in [2.05, 4.69) is 75.7 Å². The van der Waals surface area contributed by atoms with Crippen LogP contribution >= 0.6 is 0 Å². The number of ether oxygens (including phenoxy) is 1. The number of benzene rings is 3. The van der Waals surface area contributed by atoms with Crippen molar-refractivity contribution in [1.82, 2.24) is 30.1 Å². The number of nitrogens with one attached hydrogen (secondary N) is 1. The molecule has 3 aromatic carbocycles. The van der Waals surface area contributed by atoms with Gasteiger partial charge in [-0.1, -0.05) is 62.4 Å². The fourth-order valence-electron chi connectivity index (χ4n) is 5.19. The summed E-state index contributed by atoms with van der Waals surface area (Å²) in [6, 6.07) is 26.6. The molecule has 206 valence electrons. The SMILES string of the molecule is CCc1ccc2[nH]c(=O)c(CN(Cc3ccc(OC)cc3)C(CC)c3nnnn3CCc3ccccc3)cc2c1. The van der Waals surface area contributed by atoms with Crippen LogP contribution in [0.1, 0.15) is 54.4 Å². The highest BCUT2D eigenvalue weighted by molar-refractivity contribution is 5.79. The second-order valence-electron chi connectivity index (χ2n) is 10.1. The number of aryl methyl sites for hydroxylation is 3. The van der Waals surface area contributed by atoms with E-state index in [1.165, 1.54) is 11.1 Å². The van der Waals surface area contributed by atoms with Crippen LogP contribution in [0.4, 0.5) is 0 Å². The molecule has 0 aliphatic rings. The third kappa shape index (κ3) is 6.29. The number of aromatic nitrogens is 5. The van der Waals surface area contributed by atoms with Crippen molar-refractivity contribution in [3.63, 3.8) is 0 Å². The van der Waals surface area contributed by atoms with Gasteiger partial charge in [0, 0.05) is 30.7 Å². The van der Waals surface area contributed by atoms with E-state index in [1.807, 2.05) is 47.1 Å². The second-order valence-corrected chi connectivity index (χ2v) is 10.1. The molecule has 0 aliphatic carbocycles. The van der Waals surface area contributed by atoms with Gasteiger partial charge in [-0.2, -0.15) is 0 Å². The Kier molecular flexibility index (Phi) is 8.66. The lowest BCUT2D eigenvalue weighted by Crippen LogP contribution is -2.32. The van der Waals surface area contributed by atoms with Gasteiger partial charge >= 0.3 is 0 Å². The van der Waals surface area contributed by atoms with Crippen LogP contribution in [0.2, 0.25) is 0 Å². The minimum absolute atomic E-state index is 0.0741. The maximum Gasteiger partial charge on any atom is 0.252 e. The Bertz CT molecular complexity index is 1590. The van der Waals surface area contributed by atoms with Crippen molar-refractivity contribution < 1.29 is 4.74 Å². The fourth-order valence-corrected chi connectivity index (χ4v) is 5.19. The number of methoxy groups -OCH3 is 1. The molecule has 0 amide bonds. The lowest BCUT2D eigenvalue weighted by atomic mass is 10.1. The number of nitrogens with zero attached hydrogens (tertiary/aromatic N) is 5. The van der Waals surface area contributed by atoms with Crippen LogP contribution in [-0.2, 0) is 32.5 Å². The summed E-state index contributed by atoms with van der Waals surface area (Å²) in [5.41, 5.74) is 5.09. The Hall–Kier alpha value is -4.30. The van der Waals surface area contributed by atoms with Crippen molar-refractivity contribution in [3.8, 4) is 5.75 Å². The molecule has 8 heteroatoms. The van der Waals surface area contributed by atoms with Gasteiger partial charge in [-0.3, -0.25) is 9.69 Å². The molecule has 0 aliphatic heterocycles. The van der Waals surface area contributed by atoms with Crippen LogP contribution in [0.3, 0.4) is 0 Å². The van der Waals surface area contributed by atoms with Gasteiger partial charge < -0.3 is 9.72 Å². The highest BCUT2D eigenvalue weighted by atomic mass is 16.5. The molecule has 1 N–H and O–H groups in total. The van der Waals surface area contributed by atoms with Gasteiger partial charge in [0.1, 0.15) is 5.75 Å². The van der Waals surface area contributed by atoms with Crippen molar-refractivity contribution in [1.29, 1.82) is 0 Å². The predicted octanol–water partition coefficient (Wildman–Crippen LogP) is 5.48. The van der Waals surface area contributed by atoms with Crippen molar-refractivity contribution in [2.24, 2.45) is 0 Å². The monoisotopic (exact) mass is 536 g/mol. The fraction of sp³-hybridized carbons (Fsp3) is 0.312. The highest BCUT2D eigenvalue weighted by Crippen LogP contribution is 2.27. The molecule has 2 heterocycles. The van der Waals surface area contributed by atoms with E-state index in [4.69, 9.17) is 4.74 Å². The van der Waals surface area contributed by atoms with E-state index in [0.717, 1.165) is 52.9 Å². The number of hydrogen-bond acceptors (Lipinski definition) is 6. The lowest BCUT2D eigenvalue weighted by Gasteiger charge is -2.30. The summed E-state index contributed by atoms with van der Waals surface area (Å²) in [6.07, 6.45) is 2.56. The van der Waals surface area contributed by atoms with Gasteiger partial charge in [0.25, 0.3) is 5.56 Å². The van der Waals surface area contributed by atoms with Gasteiger partial charge in [-0.25, -0.2) is 4.68 Å². The van der Waals surface area contributed by atoms with Crippen molar-refractivity contribution in [3.05, 3.63) is 117 Å². The molecule has 5 aromatic rings. The molecule has 2 aromatic heterocycles. The molecule has 8 nitrogen and oxygen atoms in total. The average Bonchev–Trinajstić information content (AvgIpc) is 3.45. The third-order valence-corrected chi connectivity index (χ3v) is 7.45. The average molecular weight is 537 g/mol. The summed E-state index contributed by atoms with van der Waals surface area (Å²) in [7, 11) is 1.67. The van der Waals surface area contributed by atoms with Crippen molar-refractivity contribution >= 4 is 10.9 Å². The molecule has 40 heavy (non-hydrogen) atoms. The number of pyridine rings is 1. The first-order valence-electron chi connectivity index (χ1n) is 13.9. The minimum atomic E-state index is -0.0926.